The molecule has 1 aromatic carbocycles. The van der Waals surface area contributed by atoms with E-state index >= 15 is 0 Å². The van der Waals surface area contributed by atoms with Crippen molar-refractivity contribution in [2.45, 2.75) is 19.3 Å². The molecular weight excluding hydrogens is 342 g/mol. The van der Waals surface area contributed by atoms with Gasteiger partial charge in [-0.3, -0.25) is 14.7 Å². The largest absolute Gasteiger partial charge is 0.356 e. The number of benzene rings is 1. The number of H-pyrrole nitrogens is 1. The van der Waals surface area contributed by atoms with Crippen molar-refractivity contribution in [3.05, 3.63) is 30.0 Å². The van der Waals surface area contributed by atoms with Crippen molar-refractivity contribution >= 4 is 35.1 Å². The van der Waals surface area contributed by atoms with E-state index in [2.05, 4.69) is 26.1 Å². The van der Waals surface area contributed by atoms with Crippen LogP contribution in [-0.4, -0.2) is 48.2 Å². The van der Waals surface area contributed by atoms with Crippen LogP contribution in [0.4, 0.5) is 0 Å². The minimum Gasteiger partial charge on any atom is -0.356 e. The number of halogens is 1. The van der Waals surface area contributed by atoms with Gasteiger partial charge in [-0.05, 0) is 37.9 Å². The van der Waals surface area contributed by atoms with Crippen LogP contribution in [0.3, 0.4) is 0 Å². The Bertz CT molecular complexity index is 712. The lowest BCUT2D eigenvalue weighted by Gasteiger charge is -2.22. The fourth-order valence-electron chi connectivity index (χ4n) is 2.95. The second kappa shape index (κ2) is 9.39. The Morgan fingerprint density at radius 3 is 2.88 bits per heavy atom. The third-order valence-electron chi connectivity index (χ3n) is 4.31. The molecule has 1 aliphatic rings. The first kappa shape index (κ1) is 19.2. The summed E-state index contributed by atoms with van der Waals surface area (Å²) >= 11 is 0. The highest BCUT2D eigenvalue weighted by Crippen LogP contribution is 2.14. The zero-order valence-corrected chi connectivity index (χ0v) is 14.8. The molecule has 1 aliphatic heterocycles. The van der Waals surface area contributed by atoms with Crippen LogP contribution in [0.15, 0.2) is 24.3 Å². The summed E-state index contributed by atoms with van der Waals surface area (Å²) in [5.74, 6) is 0.206. The first-order valence-corrected chi connectivity index (χ1v) is 8.43. The maximum atomic E-state index is 12.2. The van der Waals surface area contributed by atoms with Gasteiger partial charge in [-0.1, -0.05) is 18.2 Å². The van der Waals surface area contributed by atoms with E-state index in [9.17, 15) is 9.59 Å². The number of carbonyl (C=O) groups is 2. The number of carbonyl (C=O) groups excluding carboxylic acids is 2. The second-order valence-corrected chi connectivity index (χ2v) is 6.14. The van der Waals surface area contributed by atoms with E-state index in [-0.39, 0.29) is 30.6 Å². The Labute approximate surface area is 152 Å². The van der Waals surface area contributed by atoms with E-state index in [1.165, 1.54) is 0 Å². The van der Waals surface area contributed by atoms with Crippen LogP contribution in [0.1, 0.15) is 29.8 Å². The van der Waals surface area contributed by atoms with Crippen molar-refractivity contribution in [3.8, 4) is 0 Å². The van der Waals surface area contributed by atoms with Crippen molar-refractivity contribution < 1.29 is 9.59 Å². The summed E-state index contributed by atoms with van der Waals surface area (Å²) in [6, 6.07) is 7.46. The third-order valence-corrected chi connectivity index (χ3v) is 4.31. The number of hydrogen-bond acceptors (Lipinski definition) is 4. The van der Waals surface area contributed by atoms with Crippen LogP contribution >= 0.6 is 12.4 Å². The summed E-state index contributed by atoms with van der Waals surface area (Å²) in [7, 11) is 0. The summed E-state index contributed by atoms with van der Waals surface area (Å²) in [5.41, 5.74) is 1.18. The molecule has 1 unspecified atom stereocenters. The number of aromatic nitrogens is 2. The average Bonchev–Trinajstić information content (AvgIpc) is 3.05. The van der Waals surface area contributed by atoms with Crippen LogP contribution < -0.4 is 16.0 Å². The Balaban J connectivity index is 0.00000225. The lowest BCUT2D eigenvalue weighted by atomic mass is 10.00. The lowest BCUT2D eigenvalue weighted by molar-refractivity contribution is -0.121. The molecule has 1 saturated heterocycles. The quantitative estimate of drug-likeness (QED) is 0.618. The first-order valence-electron chi connectivity index (χ1n) is 8.43. The van der Waals surface area contributed by atoms with E-state index in [4.69, 9.17) is 0 Å². The maximum absolute atomic E-state index is 12.2. The maximum Gasteiger partial charge on any atom is 0.272 e. The number of amides is 2. The number of fused-ring (bicyclic) bond motifs is 1. The summed E-state index contributed by atoms with van der Waals surface area (Å²) < 4.78 is 0. The highest BCUT2D eigenvalue weighted by molar-refractivity contribution is 6.04. The smallest absolute Gasteiger partial charge is 0.272 e. The number of piperidine rings is 1. The number of nitrogens with zero attached hydrogens (tertiary/aromatic N) is 1. The molecule has 2 heterocycles. The molecule has 8 heteroatoms. The number of aromatic amines is 1. The molecule has 7 nitrogen and oxygen atoms in total. The van der Waals surface area contributed by atoms with Gasteiger partial charge in [-0.2, -0.15) is 5.10 Å². The monoisotopic (exact) mass is 365 g/mol. The van der Waals surface area contributed by atoms with Crippen LogP contribution in [0.25, 0.3) is 10.9 Å². The molecule has 1 atom stereocenters. The average molecular weight is 366 g/mol. The molecule has 2 amide bonds. The molecule has 136 valence electrons. The topological polar surface area (TPSA) is 98.9 Å². The van der Waals surface area contributed by atoms with Gasteiger partial charge in [0.25, 0.3) is 5.91 Å². The van der Waals surface area contributed by atoms with Crippen LogP contribution in [0.5, 0.6) is 0 Å². The third kappa shape index (κ3) is 5.17. The second-order valence-electron chi connectivity index (χ2n) is 6.14. The summed E-state index contributed by atoms with van der Waals surface area (Å²) in [6.07, 6.45) is 2.58. The highest BCUT2D eigenvalue weighted by atomic mass is 35.5. The number of nitrogens with one attached hydrogen (secondary N) is 4. The van der Waals surface area contributed by atoms with Crippen LogP contribution in [-0.2, 0) is 4.79 Å². The summed E-state index contributed by atoms with van der Waals surface area (Å²) in [4.78, 5) is 24.0. The minimum absolute atomic E-state index is 0. The van der Waals surface area contributed by atoms with Gasteiger partial charge >= 0.3 is 0 Å². The lowest BCUT2D eigenvalue weighted by Crippen LogP contribution is -2.39. The van der Waals surface area contributed by atoms with Crippen LogP contribution in [0, 0.1) is 5.92 Å². The summed E-state index contributed by atoms with van der Waals surface area (Å²) in [6.45, 7) is 3.03. The van der Waals surface area contributed by atoms with E-state index in [1.807, 2.05) is 24.3 Å². The number of hydrogen-bond donors (Lipinski definition) is 4. The normalized spacial score (nSPS) is 16.9. The van der Waals surface area contributed by atoms with Crippen molar-refractivity contribution in [2.24, 2.45) is 5.92 Å². The molecule has 1 fully saturated rings. The van der Waals surface area contributed by atoms with Crippen molar-refractivity contribution in [2.75, 3.05) is 26.2 Å². The van der Waals surface area contributed by atoms with E-state index in [0.717, 1.165) is 36.8 Å². The van der Waals surface area contributed by atoms with Gasteiger partial charge in [-0.15, -0.1) is 12.4 Å². The van der Waals surface area contributed by atoms with Gasteiger partial charge in [0.05, 0.1) is 5.52 Å². The number of para-hydroxylation sites is 1. The molecule has 0 bridgehead atoms. The number of rotatable bonds is 6. The Kier molecular flexibility index (Phi) is 7.21. The molecule has 25 heavy (non-hydrogen) atoms. The predicted octanol–water partition coefficient (Wildman–Crippen LogP) is 1.22. The zero-order chi connectivity index (χ0) is 16.8. The molecule has 4 N–H and O–H groups in total. The standard InChI is InChI=1S/C17H23N5O2.ClH/c23-15(20-11-12-4-3-8-18-10-12)7-9-19-17(24)16-13-5-1-2-6-14(13)21-22-16;/h1-2,5-6,12,18H,3-4,7-11H2,(H,19,24)(H,20,23)(H,21,22);1H. The minimum atomic E-state index is -0.267. The molecule has 0 aliphatic carbocycles. The molecule has 0 spiro atoms. The first-order chi connectivity index (χ1) is 11.7. The molecule has 1 aromatic heterocycles. The summed E-state index contributed by atoms with van der Waals surface area (Å²) in [5, 5.41) is 16.7. The Morgan fingerprint density at radius 1 is 1.24 bits per heavy atom. The zero-order valence-electron chi connectivity index (χ0n) is 14.0. The van der Waals surface area contributed by atoms with Gasteiger partial charge in [0.1, 0.15) is 0 Å². The van der Waals surface area contributed by atoms with Gasteiger partial charge in [-0.25, -0.2) is 0 Å². The van der Waals surface area contributed by atoms with Crippen molar-refractivity contribution in [1.82, 2.24) is 26.1 Å². The molecule has 0 radical (unpaired) electrons. The Hall–Kier alpha value is -2.12. The van der Waals surface area contributed by atoms with E-state index in [1.54, 1.807) is 0 Å². The molecule has 3 rings (SSSR count). The highest BCUT2D eigenvalue weighted by Gasteiger charge is 2.15. The molecular formula is C17H24ClN5O2. The van der Waals surface area contributed by atoms with Gasteiger partial charge in [0.2, 0.25) is 5.91 Å². The Morgan fingerprint density at radius 2 is 2.08 bits per heavy atom. The van der Waals surface area contributed by atoms with Crippen LogP contribution in [0.2, 0.25) is 0 Å². The van der Waals surface area contributed by atoms with E-state index in [0.29, 0.717) is 24.7 Å². The van der Waals surface area contributed by atoms with Gasteiger partial charge in [0, 0.05) is 24.9 Å². The molecule has 0 saturated carbocycles. The van der Waals surface area contributed by atoms with E-state index < -0.39 is 0 Å². The molecule has 2 aromatic rings. The van der Waals surface area contributed by atoms with Crippen molar-refractivity contribution in [1.29, 1.82) is 0 Å². The predicted molar refractivity (Wildman–Crippen MR) is 98.9 cm³/mol. The van der Waals surface area contributed by atoms with Gasteiger partial charge in [0.15, 0.2) is 5.69 Å². The fourth-order valence-corrected chi connectivity index (χ4v) is 2.95. The van der Waals surface area contributed by atoms with Crippen molar-refractivity contribution in [3.63, 3.8) is 0 Å². The fraction of sp³-hybridized carbons (Fsp3) is 0.471. The van der Waals surface area contributed by atoms with Gasteiger partial charge < -0.3 is 16.0 Å². The SMILES string of the molecule is Cl.O=C(CCNC(=O)c1n[nH]c2ccccc12)NCC1CCCNC1.